The maximum Gasteiger partial charge on any atom is 0.274 e. The summed E-state index contributed by atoms with van der Waals surface area (Å²) >= 11 is 1.56. The van der Waals surface area contributed by atoms with Crippen molar-refractivity contribution in [1.82, 2.24) is 4.40 Å². The molecule has 190 valence electrons. The van der Waals surface area contributed by atoms with E-state index in [1.54, 1.807) is 21.8 Å². The zero-order valence-corrected chi connectivity index (χ0v) is 22.1. The molecule has 1 saturated carbocycles. The minimum atomic E-state index is -0.281. The SMILES string of the molecule is O=C(Nc1ccccc1)c1c(-c2ccccc2)sc2c(C3CC3)c(Cc3cccc4ccccc34)cc(=O)n12. The van der Waals surface area contributed by atoms with E-state index in [1.165, 1.54) is 21.9 Å². The number of anilines is 1. The van der Waals surface area contributed by atoms with Gasteiger partial charge in [0.1, 0.15) is 10.5 Å². The average Bonchev–Trinajstić information content (AvgIpc) is 3.72. The van der Waals surface area contributed by atoms with Gasteiger partial charge in [0, 0.05) is 11.8 Å². The molecular weight excluding hydrogens is 500 g/mol. The van der Waals surface area contributed by atoms with Crippen molar-refractivity contribution < 1.29 is 4.79 Å². The minimum absolute atomic E-state index is 0.165. The van der Waals surface area contributed by atoms with Crippen molar-refractivity contribution in [3.63, 3.8) is 0 Å². The summed E-state index contributed by atoms with van der Waals surface area (Å²) in [6, 6.07) is 35.8. The molecule has 0 atom stereocenters. The lowest BCUT2D eigenvalue weighted by molar-refractivity contribution is 0.102. The monoisotopic (exact) mass is 526 g/mol. The topological polar surface area (TPSA) is 50.6 Å². The number of pyridine rings is 1. The van der Waals surface area contributed by atoms with Gasteiger partial charge in [-0.2, -0.15) is 0 Å². The van der Waals surface area contributed by atoms with Crippen LogP contribution in [0.3, 0.4) is 0 Å². The summed E-state index contributed by atoms with van der Waals surface area (Å²) in [5.41, 5.74) is 5.35. The molecule has 1 fully saturated rings. The van der Waals surface area contributed by atoms with E-state index in [0.717, 1.165) is 33.7 Å². The number of hydrogen-bond acceptors (Lipinski definition) is 3. The van der Waals surface area contributed by atoms with E-state index in [-0.39, 0.29) is 11.5 Å². The van der Waals surface area contributed by atoms with Crippen LogP contribution in [0.15, 0.2) is 114 Å². The summed E-state index contributed by atoms with van der Waals surface area (Å²) in [6.45, 7) is 0. The highest BCUT2D eigenvalue weighted by molar-refractivity contribution is 7.21. The molecule has 2 aromatic heterocycles. The molecule has 4 aromatic carbocycles. The van der Waals surface area contributed by atoms with Crippen LogP contribution in [0.1, 0.15) is 45.9 Å². The van der Waals surface area contributed by atoms with E-state index in [9.17, 15) is 9.59 Å². The summed E-state index contributed by atoms with van der Waals surface area (Å²) in [4.78, 5) is 29.3. The number of carbonyl (C=O) groups excluding carboxylic acids is 1. The predicted octanol–water partition coefficient (Wildman–Crippen LogP) is 7.90. The highest BCUT2D eigenvalue weighted by Gasteiger charge is 2.32. The number of aromatic nitrogens is 1. The molecule has 1 aliphatic carbocycles. The number of benzene rings is 4. The molecule has 4 nitrogen and oxygen atoms in total. The maximum atomic E-state index is 13.9. The van der Waals surface area contributed by atoms with E-state index in [0.29, 0.717) is 23.7 Å². The van der Waals surface area contributed by atoms with Crippen molar-refractivity contribution in [1.29, 1.82) is 0 Å². The fourth-order valence-corrected chi connectivity index (χ4v) is 6.92. The molecule has 5 heteroatoms. The Morgan fingerprint density at radius 2 is 1.51 bits per heavy atom. The number of fused-ring (bicyclic) bond motifs is 2. The first-order chi connectivity index (χ1) is 19.2. The van der Waals surface area contributed by atoms with E-state index >= 15 is 0 Å². The molecule has 0 radical (unpaired) electrons. The number of hydrogen-bond donors (Lipinski definition) is 1. The van der Waals surface area contributed by atoms with Crippen LogP contribution in [0, 0.1) is 0 Å². The normalized spacial score (nSPS) is 13.1. The smallest absolute Gasteiger partial charge is 0.274 e. The van der Waals surface area contributed by atoms with Gasteiger partial charge in [0.15, 0.2) is 0 Å². The summed E-state index contributed by atoms with van der Waals surface area (Å²) < 4.78 is 1.66. The van der Waals surface area contributed by atoms with E-state index in [4.69, 9.17) is 0 Å². The minimum Gasteiger partial charge on any atom is -0.321 e. The van der Waals surface area contributed by atoms with Crippen LogP contribution in [-0.2, 0) is 6.42 Å². The van der Waals surface area contributed by atoms with Crippen LogP contribution in [0.5, 0.6) is 0 Å². The molecule has 0 saturated heterocycles. The Morgan fingerprint density at radius 3 is 2.28 bits per heavy atom. The van der Waals surface area contributed by atoms with Crippen LogP contribution in [0.25, 0.3) is 26.0 Å². The van der Waals surface area contributed by atoms with Gasteiger partial charge in [-0.3, -0.25) is 14.0 Å². The molecule has 6 aromatic rings. The number of rotatable bonds is 6. The summed E-state index contributed by atoms with van der Waals surface area (Å²) in [7, 11) is 0. The largest absolute Gasteiger partial charge is 0.321 e. The Balaban J connectivity index is 1.44. The zero-order chi connectivity index (χ0) is 26.3. The highest BCUT2D eigenvalue weighted by atomic mass is 32.1. The van der Waals surface area contributed by atoms with Gasteiger partial charge in [0.25, 0.3) is 11.5 Å². The van der Waals surface area contributed by atoms with Crippen molar-refractivity contribution in [2.45, 2.75) is 25.2 Å². The van der Waals surface area contributed by atoms with Gasteiger partial charge in [0.05, 0.1) is 4.88 Å². The van der Waals surface area contributed by atoms with Crippen molar-refractivity contribution in [3.05, 3.63) is 142 Å². The van der Waals surface area contributed by atoms with Gasteiger partial charge in [0.2, 0.25) is 0 Å². The van der Waals surface area contributed by atoms with Gasteiger partial charge in [-0.25, -0.2) is 0 Å². The summed E-state index contributed by atoms with van der Waals surface area (Å²) in [6.07, 6.45) is 2.88. The average molecular weight is 527 g/mol. The van der Waals surface area contributed by atoms with E-state index < -0.39 is 0 Å². The molecule has 0 aliphatic heterocycles. The first-order valence-corrected chi connectivity index (χ1v) is 14.1. The number of nitrogens with one attached hydrogen (secondary N) is 1. The Labute approximate surface area is 230 Å². The third-order valence-corrected chi connectivity index (χ3v) is 8.69. The van der Waals surface area contributed by atoms with Crippen LogP contribution >= 0.6 is 11.3 Å². The van der Waals surface area contributed by atoms with Crippen molar-refractivity contribution >= 4 is 38.5 Å². The van der Waals surface area contributed by atoms with E-state index in [2.05, 4.69) is 47.8 Å². The fraction of sp³-hybridized carbons (Fsp3) is 0.118. The zero-order valence-electron chi connectivity index (χ0n) is 21.3. The molecule has 0 unspecified atom stereocenters. The van der Waals surface area contributed by atoms with Crippen LogP contribution in [-0.4, -0.2) is 10.3 Å². The quantitative estimate of drug-likeness (QED) is 0.240. The third kappa shape index (κ3) is 4.35. The van der Waals surface area contributed by atoms with Gasteiger partial charge in [-0.1, -0.05) is 91.0 Å². The van der Waals surface area contributed by atoms with E-state index in [1.807, 2.05) is 60.7 Å². The number of amides is 1. The summed E-state index contributed by atoms with van der Waals surface area (Å²) in [5, 5.41) is 5.43. The number of carbonyl (C=O) groups is 1. The Morgan fingerprint density at radius 1 is 0.821 bits per heavy atom. The number of para-hydroxylation sites is 1. The molecule has 2 heterocycles. The fourth-order valence-electron chi connectivity index (χ4n) is 5.52. The molecule has 1 amide bonds. The van der Waals surface area contributed by atoms with Crippen molar-refractivity contribution in [2.75, 3.05) is 5.32 Å². The Bertz CT molecular complexity index is 1900. The second kappa shape index (κ2) is 9.68. The van der Waals surface area contributed by atoms with Crippen molar-refractivity contribution in [2.24, 2.45) is 0 Å². The van der Waals surface area contributed by atoms with Crippen molar-refractivity contribution in [3.8, 4) is 10.4 Å². The van der Waals surface area contributed by atoms with Crippen LogP contribution < -0.4 is 10.9 Å². The number of thiazole rings is 1. The second-order valence-corrected chi connectivity index (χ2v) is 11.1. The first kappa shape index (κ1) is 23.6. The predicted molar refractivity (Wildman–Crippen MR) is 160 cm³/mol. The highest BCUT2D eigenvalue weighted by Crippen LogP contribution is 2.47. The third-order valence-electron chi connectivity index (χ3n) is 7.46. The standard InChI is InChI=1S/C34H26N2O2S/c37-29-21-26(20-25-14-9-13-22-10-7-8-17-28(22)25)30(23-18-19-23)34-36(29)31(32(39-34)24-11-3-1-4-12-24)33(38)35-27-15-5-2-6-16-27/h1-17,21,23H,18-20H2,(H,35,38). The second-order valence-electron chi connectivity index (χ2n) is 10.1. The van der Waals surface area contributed by atoms with Gasteiger partial charge >= 0.3 is 0 Å². The van der Waals surface area contributed by atoms with Gasteiger partial charge < -0.3 is 5.32 Å². The molecule has 7 rings (SSSR count). The van der Waals surface area contributed by atoms with Gasteiger partial charge in [-0.05, 0) is 70.3 Å². The molecule has 39 heavy (non-hydrogen) atoms. The first-order valence-electron chi connectivity index (χ1n) is 13.3. The Hall–Kier alpha value is -4.48. The molecule has 0 spiro atoms. The molecule has 1 N–H and O–H groups in total. The lowest BCUT2D eigenvalue weighted by atomic mass is 9.95. The van der Waals surface area contributed by atoms with Crippen LogP contribution in [0.2, 0.25) is 0 Å². The van der Waals surface area contributed by atoms with Crippen LogP contribution in [0.4, 0.5) is 5.69 Å². The molecule has 0 bridgehead atoms. The van der Waals surface area contributed by atoms with Gasteiger partial charge in [-0.15, -0.1) is 11.3 Å². The molecular formula is C34H26N2O2S. The number of nitrogens with zero attached hydrogens (tertiary/aromatic N) is 1. The molecule has 1 aliphatic rings. The Kier molecular flexibility index (Phi) is 5.86. The maximum absolute atomic E-state index is 13.9. The summed E-state index contributed by atoms with van der Waals surface area (Å²) in [5.74, 6) is 0.120. The lowest BCUT2D eigenvalue weighted by Gasteiger charge is -2.13. The lowest BCUT2D eigenvalue weighted by Crippen LogP contribution is -2.23.